The summed E-state index contributed by atoms with van der Waals surface area (Å²) in [5, 5.41) is 12.3. The van der Waals surface area contributed by atoms with Crippen LogP contribution in [-0.2, 0) is 4.79 Å². The van der Waals surface area contributed by atoms with E-state index in [4.69, 9.17) is 0 Å². The van der Waals surface area contributed by atoms with Crippen LogP contribution in [0.15, 0.2) is 12.1 Å². The number of halogens is 1. The Morgan fingerprint density at radius 1 is 1.53 bits per heavy atom. The third kappa shape index (κ3) is 3.92. The smallest absolute Gasteiger partial charge is 0.221 e. The van der Waals surface area contributed by atoms with Crippen molar-refractivity contribution in [3.63, 3.8) is 0 Å². The first-order valence-corrected chi connectivity index (χ1v) is 6.26. The van der Waals surface area contributed by atoms with Crippen molar-refractivity contribution < 1.29 is 14.3 Å². The topological polar surface area (TPSA) is 52.6 Å². The van der Waals surface area contributed by atoms with Gasteiger partial charge in [-0.1, -0.05) is 0 Å². The molecule has 1 rings (SSSR count). The van der Waals surface area contributed by atoms with Gasteiger partial charge >= 0.3 is 0 Å². The fourth-order valence-corrected chi connectivity index (χ4v) is 1.86. The highest BCUT2D eigenvalue weighted by Gasteiger charge is 2.15. The van der Waals surface area contributed by atoms with Crippen molar-refractivity contribution in [3.8, 4) is 0 Å². The number of rotatable bonds is 5. The van der Waals surface area contributed by atoms with Crippen LogP contribution in [0.25, 0.3) is 0 Å². The lowest BCUT2D eigenvalue weighted by molar-refractivity contribution is -0.120. The average Bonchev–Trinajstić information content (AvgIpc) is 2.37. The molecule has 0 fully saturated rings. The Morgan fingerprint density at radius 3 is 2.68 bits per heavy atom. The molecule has 106 valence electrons. The second kappa shape index (κ2) is 6.52. The molecule has 1 aromatic carbocycles. The predicted octanol–water partition coefficient (Wildman–Crippen LogP) is 1.76. The van der Waals surface area contributed by atoms with Gasteiger partial charge < -0.3 is 15.3 Å². The zero-order valence-electron chi connectivity index (χ0n) is 11.8. The highest BCUT2D eigenvalue weighted by atomic mass is 19.1. The van der Waals surface area contributed by atoms with E-state index in [0.29, 0.717) is 24.1 Å². The van der Waals surface area contributed by atoms with Crippen LogP contribution in [0.3, 0.4) is 0 Å². The van der Waals surface area contributed by atoms with Gasteiger partial charge in [-0.25, -0.2) is 4.39 Å². The minimum absolute atomic E-state index is 0.0516. The van der Waals surface area contributed by atoms with Gasteiger partial charge in [0, 0.05) is 38.3 Å². The first-order chi connectivity index (χ1) is 8.86. The van der Waals surface area contributed by atoms with Crippen molar-refractivity contribution in [2.75, 3.05) is 25.5 Å². The third-order valence-electron chi connectivity index (χ3n) is 3.12. The molecule has 1 unspecified atom stereocenters. The number of aryl methyl sites for hydroxylation is 1. The highest BCUT2D eigenvalue weighted by Crippen LogP contribution is 2.28. The van der Waals surface area contributed by atoms with Crippen molar-refractivity contribution in [2.45, 2.75) is 26.4 Å². The van der Waals surface area contributed by atoms with Gasteiger partial charge in [0.05, 0.1) is 6.10 Å². The Hall–Kier alpha value is -1.62. The quantitative estimate of drug-likeness (QED) is 0.855. The van der Waals surface area contributed by atoms with E-state index in [1.54, 1.807) is 27.0 Å². The summed E-state index contributed by atoms with van der Waals surface area (Å²) in [6.07, 6.45) is -0.407. The Bertz CT molecular complexity index is 461. The molecule has 0 saturated carbocycles. The molecule has 5 heteroatoms. The number of amides is 1. The number of anilines is 1. The monoisotopic (exact) mass is 268 g/mol. The molecule has 0 aliphatic rings. The fraction of sp³-hybridized carbons (Fsp3) is 0.500. The van der Waals surface area contributed by atoms with E-state index in [1.807, 2.05) is 11.9 Å². The lowest BCUT2D eigenvalue weighted by Crippen LogP contribution is -2.27. The Morgan fingerprint density at radius 2 is 2.16 bits per heavy atom. The Labute approximate surface area is 113 Å². The minimum atomic E-state index is -0.757. The lowest BCUT2D eigenvalue weighted by atomic mass is 10.0. The first-order valence-electron chi connectivity index (χ1n) is 6.26. The van der Waals surface area contributed by atoms with E-state index in [-0.39, 0.29) is 11.7 Å². The van der Waals surface area contributed by atoms with Gasteiger partial charge in [-0.15, -0.1) is 0 Å². The van der Waals surface area contributed by atoms with Gasteiger partial charge in [0.15, 0.2) is 0 Å². The van der Waals surface area contributed by atoms with Gasteiger partial charge in [-0.3, -0.25) is 4.79 Å². The molecule has 1 aromatic rings. The van der Waals surface area contributed by atoms with E-state index in [1.165, 1.54) is 6.07 Å². The summed E-state index contributed by atoms with van der Waals surface area (Å²) >= 11 is 0. The summed E-state index contributed by atoms with van der Waals surface area (Å²) in [6, 6.07) is 3.05. The molecule has 0 bridgehead atoms. The molecule has 1 amide bonds. The standard InChI is InChI=1S/C14H21FN2O2/c1-9-7-13(11(10(2)18)8-12(9)15)17(4)6-5-14(19)16-3/h7-8,10,18H,5-6H2,1-4H3,(H,16,19). The molecule has 0 aliphatic carbocycles. The largest absolute Gasteiger partial charge is 0.389 e. The van der Waals surface area contributed by atoms with E-state index in [9.17, 15) is 14.3 Å². The zero-order valence-corrected chi connectivity index (χ0v) is 11.8. The number of carbonyl (C=O) groups excluding carboxylic acids is 1. The van der Waals surface area contributed by atoms with Crippen molar-refractivity contribution >= 4 is 11.6 Å². The Kier molecular flexibility index (Phi) is 5.30. The van der Waals surface area contributed by atoms with Crippen LogP contribution in [0.4, 0.5) is 10.1 Å². The summed E-state index contributed by atoms with van der Waals surface area (Å²) in [5.74, 6) is -0.386. The van der Waals surface area contributed by atoms with Crippen LogP contribution in [0.1, 0.15) is 30.6 Å². The maximum absolute atomic E-state index is 13.6. The number of aliphatic hydroxyl groups excluding tert-OH is 1. The maximum atomic E-state index is 13.6. The van der Waals surface area contributed by atoms with Crippen LogP contribution in [0, 0.1) is 12.7 Å². The van der Waals surface area contributed by atoms with Crippen molar-refractivity contribution in [1.82, 2.24) is 5.32 Å². The highest BCUT2D eigenvalue weighted by molar-refractivity contribution is 5.76. The van der Waals surface area contributed by atoms with Crippen molar-refractivity contribution in [2.24, 2.45) is 0 Å². The SMILES string of the molecule is CNC(=O)CCN(C)c1cc(C)c(F)cc1C(C)O. The number of hydrogen-bond acceptors (Lipinski definition) is 3. The van der Waals surface area contributed by atoms with Gasteiger partial charge in [-0.05, 0) is 31.5 Å². The normalized spacial score (nSPS) is 12.1. The number of benzene rings is 1. The van der Waals surface area contributed by atoms with Gasteiger partial charge in [0.1, 0.15) is 5.82 Å². The number of aliphatic hydroxyl groups is 1. The molecular weight excluding hydrogens is 247 g/mol. The summed E-state index contributed by atoms with van der Waals surface area (Å²) < 4.78 is 13.6. The van der Waals surface area contributed by atoms with Crippen LogP contribution in [0.5, 0.6) is 0 Å². The van der Waals surface area contributed by atoms with E-state index in [0.717, 1.165) is 5.69 Å². The summed E-state index contributed by atoms with van der Waals surface area (Å²) in [5.41, 5.74) is 1.80. The molecule has 0 aliphatic heterocycles. The number of nitrogens with one attached hydrogen (secondary N) is 1. The molecule has 0 saturated heterocycles. The lowest BCUT2D eigenvalue weighted by Gasteiger charge is -2.24. The summed E-state index contributed by atoms with van der Waals surface area (Å²) in [4.78, 5) is 13.1. The number of nitrogens with zero attached hydrogens (tertiary/aromatic N) is 1. The average molecular weight is 268 g/mol. The summed E-state index contributed by atoms with van der Waals surface area (Å²) in [6.45, 7) is 3.78. The fourth-order valence-electron chi connectivity index (χ4n) is 1.86. The Balaban J connectivity index is 2.97. The molecule has 0 spiro atoms. The van der Waals surface area contributed by atoms with Crippen LogP contribution < -0.4 is 10.2 Å². The van der Waals surface area contributed by atoms with Gasteiger partial charge in [0.25, 0.3) is 0 Å². The van der Waals surface area contributed by atoms with Crippen LogP contribution >= 0.6 is 0 Å². The second-order valence-electron chi connectivity index (χ2n) is 4.68. The molecule has 2 N–H and O–H groups in total. The molecule has 4 nitrogen and oxygen atoms in total. The number of carbonyl (C=O) groups is 1. The summed E-state index contributed by atoms with van der Waals surface area (Å²) in [7, 11) is 3.41. The number of hydrogen-bond donors (Lipinski definition) is 2. The zero-order chi connectivity index (χ0) is 14.6. The third-order valence-corrected chi connectivity index (χ3v) is 3.12. The second-order valence-corrected chi connectivity index (χ2v) is 4.68. The van der Waals surface area contributed by atoms with E-state index >= 15 is 0 Å². The van der Waals surface area contributed by atoms with E-state index in [2.05, 4.69) is 5.32 Å². The molecular formula is C14H21FN2O2. The van der Waals surface area contributed by atoms with Gasteiger partial charge in [-0.2, -0.15) is 0 Å². The molecule has 0 heterocycles. The first kappa shape index (κ1) is 15.4. The molecule has 0 radical (unpaired) electrons. The molecule has 1 atom stereocenters. The van der Waals surface area contributed by atoms with Crippen molar-refractivity contribution in [3.05, 3.63) is 29.1 Å². The minimum Gasteiger partial charge on any atom is -0.389 e. The van der Waals surface area contributed by atoms with E-state index < -0.39 is 6.10 Å². The van der Waals surface area contributed by atoms with Gasteiger partial charge in [0.2, 0.25) is 5.91 Å². The predicted molar refractivity (Wildman–Crippen MR) is 73.7 cm³/mol. The molecule has 19 heavy (non-hydrogen) atoms. The van der Waals surface area contributed by atoms with Crippen molar-refractivity contribution in [1.29, 1.82) is 0 Å². The van der Waals surface area contributed by atoms with Crippen LogP contribution in [-0.4, -0.2) is 31.7 Å². The van der Waals surface area contributed by atoms with Crippen LogP contribution in [0.2, 0.25) is 0 Å². The maximum Gasteiger partial charge on any atom is 0.221 e. The molecule has 0 aromatic heterocycles.